The van der Waals surface area contributed by atoms with E-state index in [-0.39, 0.29) is 31.1 Å². The van der Waals surface area contributed by atoms with Gasteiger partial charge in [-0.25, -0.2) is 4.79 Å². The average Bonchev–Trinajstić information content (AvgIpc) is 2.70. The lowest BCUT2D eigenvalue weighted by molar-refractivity contribution is -0.142. The number of nitrogens with two attached hydrogens (primary N) is 4. The van der Waals surface area contributed by atoms with Crippen molar-refractivity contribution >= 4 is 35.6 Å². The van der Waals surface area contributed by atoms with Crippen molar-refractivity contribution in [1.29, 1.82) is 0 Å². The van der Waals surface area contributed by atoms with Crippen LogP contribution < -0.4 is 38.9 Å². The maximum Gasteiger partial charge on any atom is 0.326 e. The highest BCUT2D eigenvalue weighted by atomic mass is 16.4. The van der Waals surface area contributed by atoms with Gasteiger partial charge in [0.05, 0.1) is 12.6 Å². The van der Waals surface area contributed by atoms with Gasteiger partial charge >= 0.3 is 5.97 Å². The third kappa shape index (κ3) is 14.3. The number of aliphatic carboxylic acids is 1. The Morgan fingerprint density at radius 3 is 2.09 bits per heavy atom. The maximum atomic E-state index is 12.5. The van der Waals surface area contributed by atoms with Crippen molar-refractivity contribution in [2.45, 2.75) is 64.1 Å². The van der Waals surface area contributed by atoms with E-state index in [4.69, 9.17) is 28.0 Å². The summed E-state index contributed by atoms with van der Waals surface area (Å²) in [6, 6.07) is -3.16. The standard InChI is InChI=1S/C19H36N8O6/c1-10(2)8-13(27-16(30)11(20)4-3-7-24-19(22)23)17(31)25-9-15(29)26-12(18(32)33)5-6-14(21)28/h10-13H,3-9,20H2,1-2H3,(H2,21,28)(H,25,31)(H,26,29)(H,27,30)(H,32,33)(H4,22,23,24). The number of guanidine groups is 1. The first-order chi connectivity index (χ1) is 15.3. The lowest BCUT2D eigenvalue weighted by Crippen LogP contribution is -2.53. The maximum absolute atomic E-state index is 12.5. The van der Waals surface area contributed by atoms with Gasteiger partial charge in [0, 0.05) is 13.0 Å². The Balaban J connectivity index is 4.80. The molecule has 12 N–H and O–H groups in total. The van der Waals surface area contributed by atoms with Crippen LogP contribution in [0.5, 0.6) is 0 Å². The van der Waals surface area contributed by atoms with Crippen molar-refractivity contribution in [2.75, 3.05) is 13.1 Å². The van der Waals surface area contributed by atoms with E-state index < -0.39 is 54.3 Å². The number of nitrogens with one attached hydrogen (secondary N) is 3. The van der Waals surface area contributed by atoms with Crippen molar-refractivity contribution in [3.63, 3.8) is 0 Å². The number of carbonyl (C=O) groups excluding carboxylic acids is 4. The van der Waals surface area contributed by atoms with Crippen molar-refractivity contribution < 1.29 is 29.1 Å². The predicted octanol–water partition coefficient (Wildman–Crippen LogP) is -3.15. The number of rotatable bonds is 16. The van der Waals surface area contributed by atoms with Gasteiger partial charge in [-0.05, 0) is 31.6 Å². The Morgan fingerprint density at radius 2 is 1.58 bits per heavy atom. The minimum Gasteiger partial charge on any atom is -0.480 e. The number of hydrogen-bond donors (Lipinski definition) is 8. The second-order valence-corrected chi connectivity index (χ2v) is 7.93. The van der Waals surface area contributed by atoms with Crippen molar-refractivity contribution in [3.8, 4) is 0 Å². The molecule has 3 atom stereocenters. The monoisotopic (exact) mass is 472 g/mol. The van der Waals surface area contributed by atoms with Crippen molar-refractivity contribution in [2.24, 2.45) is 33.8 Å². The van der Waals surface area contributed by atoms with Gasteiger partial charge in [0.15, 0.2) is 5.96 Å². The molecule has 188 valence electrons. The number of carboxylic acids is 1. The molecule has 0 aromatic heterocycles. The van der Waals surface area contributed by atoms with Gasteiger partial charge in [0.1, 0.15) is 12.1 Å². The largest absolute Gasteiger partial charge is 0.480 e. The normalized spacial score (nSPS) is 13.3. The quantitative estimate of drug-likeness (QED) is 0.0639. The van der Waals surface area contributed by atoms with Crippen LogP contribution in [0.25, 0.3) is 0 Å². The summed E-state index contributed by atoms with van der Waals surface area (Å²) in [5.41, 5.74) is 21.3. The highest BCUT2D eigenvalue weighted by molar-refractivity contribution is 5.92. The number of hydrogen-bond acceptors (Lipinski definition) is 7. The molecule has 0 aliphatic heterocycles. The Morgan fingerprint density at radius 1 is 0.939 bits per heavy atom. The zero-order chi connectivity index (χ0) is 25.6. The highest BCUT2D eigenvalue weighted by Gasteiger charge is 2.26. The fraction of sp³-hybridized carbons (Fsp3) is 0.684. The van der Waals surface area contributed by atoms with Crippen LogP contribution in [-0.4, -0.2) is 71.9 Å². The number of aliphatic imine (C=N–C) groups is 1. The Hall–Kier alpha value is -3.42. The van der Waals surface area contributed by atoms with Crippen LogP contribution in [0.4, 0.5) is 0 Å². The van der Waals surface area contributed by atoms with Crippen LogP contribution >= 0.6 is 0 Å². The molecule has 0 bridgehead atoms. The van der Waals surface area contributed by atoms with Gasteiger partial charge in [0.2, 0.25) is 23.6 Å². The van der Waals surface area contributed by atoms with Crippen molar-refractivity contribution in [1.82, 2.24) is 16.0 Å². The Kier molecular flexibility index (Phi) is 13.8. The molecule has 0 saturated heterocycles. The minimum atomic E-state index is -1.34. The number of carbonyl (C=O) groups is 5. The molecule has 0 rings (SSSR count). The number of primary amides is 1. The molecule has 0 saturated carbocycles. The van der Waals surface area contributed by atoms with Crippen LogP contribution in [0, 0.1) is 5.92 Å². The smallest absolute Gasteiger partial charge is 0.326 e. The van der Waals surface area contributed by atoms with Gasteiger partial charge < -0.3 is 44.0 Å². The summed E-state index contributed by atoms with van der Waals surface area (Å²) in [6.45, 7) is 3.49. The molecule has 4 amide bonds. The van der Waals surface area contributed by atoms with Crippen LogP contribution in [-0.2, 0) is 24.0 Å². The van der Waals surface area contributed by atoms with Crippen LogP contribution in [0.15, 0.2) is 4.99 Å². The van der Waals surface area contributed by atoms with Gasteiger partial charge in [-0.3, -0.25) is 24.2 Å². The fourth-order valence-electron chi connectivity index (χ4n) is 2.71. The van der Waals surface area contributed by atoms with Crippen LogP contribution in [0.3, 0.4) is 0 Å². The highest BCUT2D eigenvalue weighted by Crippen LogP contribution is 2.06. The summed E-state index contributed by atoms with van der Waals surface area (Å²) in [5, 5.41) is 16.3. The van der Waals surface area contributed by atoms with Gasteiger partial charge in [-0.1, -0.05) is 13.8 Å². The van der Waals surface area contributed by atoms with E-state index in [1.54, 1.807) is 0 Å². The van der Waals surface area contributed by atoms with Gasteiger partial charge in [-0.15, -0.1) is 0 Å². The second kappa shape index (κ2) is 15.4. The first-order valence-corrected chi connectivity index (χ1v) is 10.5. The summed E-state index contributed by atoms with van der Waals surface area (Å²) < 4.78 is 0. The molecule has 0 aromatic carbocycles. The Bertz CT molecular complexity index is 723. The topological polar surface area (TPSA) is 258 Å². The van der Waals surface area contributed by atoms with E-state index in [1.165, 1.54) is 0 Å². The van der Waals surface area contributed by atoms with Crippen molar-refractivity contribution in [3.05, 3.63) is 0 Å². The Labute approximate surface area is 192 Å². The van der Waals surface area contributed by atoms with Crippen LogP contribution in [0.2, 0.25) is 0 Å². The molecule has 0 fully saturated rings. The molecule has 0 radical (unpaired) electrons. The van der Waals surface area contributed by atoms with E-state index in [2.05, 4.69) is 20.9 Å². The third-order valence-corrected chi connectivity index (χ3v) is 4.38. The zero-order valence-corrected chi connectivity index (χ0v) is 19.0. The van der Waals surface area contributed by atoms with E-state index in [1.807, 2.05) is 13.8 Å². The van der Waals surface area contributed by atoms with E-state index in [0.29, 0.717) is 19.4 Å². The van der Waals surface area contributed by atoms with E-state index in [9.17, 15) is 24.0 Å². The molecule has 3 unspecified atom stereocenters. The fourth-order valence-corrected chi connectivity index (χ4v) is 2.71. The first-order valence-electron chi connectivity index (χ1n) is 10.5. The molecule has 14 heteroatoms. The molecular weight excluding hydrogens is 436 g/mol. The number of amides is 4. The van der Waals surface area contributed by atoms with Gasteiger partial charge in [0.25, 0.3) is 0 Å². The molecule has 0 aliphatic carbocycles. The number of nitrogens with zero attached hydrogens (tertiary/aromatic N) is 1. The molecule has 33 heavy (non-hydrogen) atoms. The molecule has 0 heterocycles. The summed E-state index contributed by atoms with van der Waals surface area (Å²) in [5.74, 6) is -4.00. The second-order valence-electron chi connectivity index (χ2n) is 7.93. The van der Waals surface area contributed by atoms with Crippen LogP contribution in [0.1, 0.15) is 46.0 Å². The zero-order valence-electron chi connectivity index (χ0n) is 19.0. The minimum absolute atomic E-state index is 0.0400. The number of carboxylic acid groups (broad SMARTS) is 1. The summed E-state index contributed by atoms with van der Waals surface area (Å²) >= 11 is 0. The summed E-state index contributed by atoms with van der Waals surface area (Å²) in [4.78, 5) is 62.8. The average molecular weight is 473 g/mol. The molecule has 0 spiro atoms. The summed E-state index contributed by atoms with van der Waals surface area (Å²) in [6.07, 6.45) is 0.642. The molecule has 0 aromatic rings. The SMILES string of the molecule is CC(C)CC(NC(=O)C(N)CCCN=C(N)N)C(=O)NCC(=O)NC(CCC(N)=O)C(=O)O. The first kappa shape index (κ1) is 29.6. The third-order valence-electron chi connectivity index (χ3n) is 4.38. The molecular formula is C19H36N8O6. The molecule has 0 aliphatic rings. The van der Waals surface area contributed by atoms with E-state index >= 15 is 0 Å². The van der Waals surface area contributed by atoms with E-state index in [0.717, 1.165) is 0 Å². The lowest BCUT2D eigenvalue weighted by atomic mass is 10.0. The lowest BCUT2D eigenvalue weighted by Gasteiger charge is -2.22. The molecule has 14 nitrogen and oxygen atoms in total. The summed E-state index contributed by atoms with van der Waals surface area (Å²) in [7, 11) is 0. The predicted molar refractivity (Wildman–Crippen MR) is 120 cm³/mol. The van der Waals surface area contributed by atoms with Gasteiger partial charge in [-0.2, -0.15) is 0 Å².